The Morgan fingerprint density at radius 3 is 2.03 bits per heavy atom. The zero-order chi connectivity index (χ0) is 25.5. The van der Waals surface area contributed by atoms with Gasteiger partial charge < -0.3 is 13.7 Å². The molecule has 1 fully saturated rings. The van der Waals surface area contributed by atoms with Gasteiger partial charge in [-0.15, -0.1) is 0 Å². The molecule has 0 aromatic heterocycles. The third kappa shape index (κ3) is 6.94. The van der Waals surface area contributed by atoms with Crippen LogP contribution in [0.2, 0.25) is 0 Å². The van der Waals surface area contributed by atoms with E-state index in [1.165, 1.54) is 13.0 Å². The van der Waals surface area contributed by atoms with E-state index in [1.807, 2.05) is 13.8 Å². The zero-order valence-corrected chi connectivity index (χ0v) is 20.0. The number of hydrogen-bond donors (Lipinski definition) is 0. The topological polar surface area (TPSA) is 113 Å². The fraction of sp³-hybridized carbons (Fsp3) is 0.762. The first kappa shape index (κ1) is 28.9. The van der Waals surface area contributed by atoms with Crippen molar-refractivity contribution >= 4 is 28.8 Å². The van der Waals surface area contributed by atoms with Crippen LogP contribution in [0.5, 0.6) is 0 Å². The largest absolute Gasteiger partial charge is 0.534 e. The first-order valence-electron chi connectivity index (χ1n) is 10.5. The van der Waals surface area contributed by atoms with Gasteiger partial charge in [-0.25, -0.2) is 0 Å². The van der Waals surface area contributed by atoms with Gasteiger partial charge in [0.25, 0.3) is 12.9 Å². The van der Waals surface area contributed by atoms with E-state index < -0.39 is 26.5 Å². The Bertz CT molecular complexity index is 839. The summed E-state index contributed by atoms with van der Waals surface area (Å²) in [5.41, 5.74) is -7.06. The highest BCUT2D eigenvalue weighted by Crippen LogP contribution is 2.44. The van der Waals surface area contributed by atoms with E-state index in [9.17, 15) is 36.0 Å². The van der Waals surface area contributed by atoms with Crippen LogP contribution in [0.25, 0.3) is 0 Å². The summed E-state index contributed by atoms with van der Waals surface area (Å²) in [4.78, 5) is 32.0. The van der Waals surface area contributed by atoms with Crippen molar-refractivity contribution in [3.8, 4) is 0 Å². The second-order valence-electron chi connectivity index (χ2n) is 8.90. The Balaban J connectivity index is 0.000000361. The van der Waals surface area contributed by atoms with Gasteiger partial charge in [-0.1, -0.05) is 13.8 Å². The van der Waals surface area contributed by atoms with Gasteiger partial charge >= 0.3 is 15.6 Å². The summed E-state index contributed by atoms with van der Waals surface area (Å²) < 4.78 is 72.8. The number of carbonyl (C=O) groups is 3. The van der Waals surface area contributed by atoms with Gasteiger partial charge in [-0.3, -0.25) is 14.4 Å². The van der Waals surface area contributed by atoms with E-state index in [1.54, 1.807) is 6.92 Å². The maximum absolute atomic E-state index is 12.4. The first-order chi connectivity index (χ1) is 15.2. The second-order valence-corrected chi connectivity index (χ2v) is 10.4. The molecule has 33 heavy (non-hydrogen) atoms. The molecule has 0 bridgehead atoms. The third-order valence-electron chi connectivity index (χ3n) is 6.73. The molecule has 8 nitrogen and oxygen atoms in total. The van der Waals surface area contributed by atoms with Gasteiger partial charge in [0.05, 0.1) is 10.8 Å². The van der Waals surface area contributed by atoms with Gasteiger partial charge in [0, 0.05) is 6.42 Å². The number of hydrogen-bond acceptors (Lipinski definition) is 8. The van der Waals surface area contributed by atoms with Crippen molar-refractivity contribution in [3.63, 3.8) is 0 Å². The molecule has 2 rings (SSSR count). The molecule has 0 radical (unpaired) electrons. The van der Waals surface area contributed by atoms with Crippen molar-refractivity contribution in [3.05, 3.63) is 11.8 Å². The lowest BCUT2D eigenvalue weighted by Gasteiger charge is -2.38. The molecule has 4 atom stereocenters. The van der Waals surface area contributed by atoms with Crippen LogP contribution in [0.15, 0.2) is 11.8 Å². The molecule has 2 aliphatic rings. The van der Waals surface area contributed by atoms with Crippen LogP contribution in [0.3, 0.4) is 0 Å². The Labute approximate surface area is 191 Å². The molecule has 0 aromatic rings. The molecule has 190 valence electrons. The quantitative estimate of drug-likeness (QED) is 0.280. The highest BCUT2D eigenvalue weighted by Gasteiger charge is 2.51. The Hall–Kier alpha value is -2.11. The van der Waals surface area contributed by atoms with Gasteiger partial charge in [0.15, 0.2) is 0 Å². The smallest absolute Gasteiger partial charge is 0.467 e. The lowest BCUT2D eigenvalue weighted by atomic mass is 9.68. The fourth-order valence-corrected chi connectivity index (χ4v) is 4.44. The third-order valence-corrected chi connectivity index (χ3v) is 7.70. The minimum atomic E-state index is -5.73. The van der Waals surface area contributed by atoms with Gasteiger partial charge in [0.2, 0.25) is 0 Å². The van der Waals surface area contributed by atoms with Crippen molar-refractivity contribution in [2.45, 2.75) is 65.3 Å². The van der Waals surface area contributed by atoms with Crippen molar-refractivity contribution < 1.29 is 49.6 Å². The molecule has 2 aliphatic carbocycles. The van der Waals surface area contributed by atoms with Crippen molar-refractivity contribution in [2.24, 2.45) is 22.7 Å². The number of halogens is 3. The minimum absolute atomic E-state index is 0.155. The molecular formula is C21H31F3O8S. The average molecular weight is 501 g/mol. The Morgan fingerprint density at radius 1 is 1.03 bits per heavy atom. The molecule has 0 spiro atoms. The molecule has 0 unspecified atom stereocenters. The van der Waals surface area contributed by atoms with Crippen molar-refractivity contribution in [1.29, 1.82) is 0 Å². The number of ketones is 1. The van der Waals surface area contributed by atoms with Gasteiger partial charge in [-0.2, -0.15) is 21.6 Å². The van der Waals surface area contributed by atoms with Crippen LogP contribution in [0.4, 0.5) is 13.2 Å². The van der Waals surface area contributed by atoms with E-state index in [-0.39, 0.29) is 37.1 Å². The van der Waals surface area contributed by atoms with E-state index in [0.717, 1.165) is 12.8 Å². The summed E-state index contributed by atoms with van der Waals surface area (Å²) in [6, 6.07) is 0. The van der Waals surface area contributed by atoms with Crippen molar-refractivity contribution in [1.82, 2.24) is 0 Å². The molecule has 0 saturated heterocycles. The van der Waals surface area contributed by atoms with E-state index in [0.29, 0.717) is 31.7 Å². The maximum Gasteiger partial charge on any atom is 0.534 e. The van der Waals surface area contributed by atoms with Crippen LogP contribution in [-0.4, -0.2) is 45.9 Å². The molecule has 0 heterocycles. The molecule has 12 heteroatoms. The average Bonchev–Trinajstić information content (AvgIpc) is 2.72. The maximum atomic E-state index is 12.4. The van der Waals surface area contributed by atoms with Crippen LogP contribution in [-0.2, 0) is 38.2 Å². The summed E-state index contributed by atoms with van der Waals surface area (Å²) in [5, 5.41) is 0. The standard InChI is InChI=1S/C11H15F3O5S.C10H16O3/c1-8-4-3-5-9(10(8,2)6-18-7-15)19-20(16,17)11(12,13)14;1-8-4-3-5-9(12)10(8,2)6-13-7-11/h5,7-8H,3-4,6H2,1-2H3;7-8H,3-6H2,1-2H3/t2*8-,10-/m11/s1. The molecule has 0 amide bonds. The summed E-state index contributed by atoms with van der Waals surface area (Å²) in [6.07, 6.45) is 4.94. The predicted molar refractivity (Wildman–Crippen MR) is 111 cm³/mol. The number of rotatable bonds is 8. The minimum Gasteiger partial charge on any atom is -0.467 e. The van der Waals surface area contributed by atoms with Gasteiger partial charge in [-0.05, 0) is 57.4 Å². The monoisotopic (exact) mass is 500 g/mol. The predicted octanol–water partition coefficient (Wildman–Crippen LogP) is 3.90. The van der Waals surface area contributed by atoms with Gasteiger partial charge in [0.1, 0.15) is 24.8 Å². The number of allylic oxidation sites excluding steroid dienone is 1. The Kier molecular flexibility index (Phi) is 9.94. The summed E-state index contributed by atoms with van der Waals surface area (Å²) in [7, 11) is -5.73. The normalized spacial score (nSPS) is 30.3. The van der Waals surface area contributed by atoms with E-state index >= 15 is 0 Å². The highest BCUT2D eigenvalue weighted by molar-refractivity contribution is 7.87. The van der Waals surface area contributed by atoms with Crippen LogP contribution >= 0.6 is 0 Å². The number of Topliss-reactive ketones (excluding diaryl/α,β-unsaturated/α-hetero) is 1. The molecule has 0 N–H and O–H groups in total. The zero-order valence-electron chi connectivity index (χ0n) is 19.1. The molecule has 0 aliphatic heterocycles. The SMILES string of the molecule is C[C@@H]1CCC=C(OS(=O)(=O)C(F)(F)F)[C@]1(C)COC=O.C[C@@H]1CCCC(=O)[C@]1(C)COC=O. The summed E-state index contributed by atoms with van der Waals surface area (Å²) in [5.74, 6) is 0.00288. The van der Waals surface area contributed by atoms with E-state index in [4.69, 9.17) is 4.74 Å². The van der Waals surface area contributed by atoms with Crippen LogP contribution in [0.1, 0.15) is 59.8 Å². The Morgan fingerprint density at radius 2 is 1.55 bits per heavy atom. The number of carbonyl (C=O) groups excluding carboxylic acids is 3. The summed E-state index contributed by atoms with van der Waals surface area (Å²) >= 11 is 0. The number of alkyl halides is 3. The first-order valence-corrected chi connectivity index (χ1v) is 11.9. The second kappa shape index (κ2) is 11.3. The van der Waals surface area contributed by atoms with Crippen LogP contribution in [0, 0.1) is 22.7 Å². The molecule has 0 aromatic carbocycles. The molecular weight excluding hydrogens is 469 g/mol. The summed E-state index contributed by atoms with van der Waals surface area (Å²) in [6.45, 7) is 7.71. The lowest BCUT2D eigenvalue weighted by Crippen LogP contribution is -2.41. The van der Waals surface area contributed by atoms with E-state index in [2.05, 4.69) is 8.92 Å². The fourth-order valence-electron chi connectivity index (χ4n) is 3.85. The van der Waals surface area contributed by atoms with Crippen molar-refractivity contribution in [2.75, 3.05) is 13.2 Å². The lowest BCUT2D eigenvalue weighted by molar-refractivity contribution is -0.144. The van der Waals surface area contributed by atoms with Crippen LogP contribution < -0.4 is 0 Å². The number of ether oxygens (including phenoxy) is 2. The highest BCUT2D eigenvalue weighted by atomic mass is 32.2. The molecule has 1 saturated carbocycles.